The number of benzene rings is 3. The van der Waals surface area contributed by atoms with Gasteiger partial charge in [0.25, 0.3) is 0 Å². The number of para-hydroxylation sites is 1. The van der Waals surface area contributed by atoms with Crippen molar-refractivity contribution in [1.82, 2.24) is 24.3 Å². The molecule has 7 heteroatoms. The lowest BCUT2D eigenvalue weighted by Crippen LogP contribution is -2.12. The minimum absolute atomic E-state index is 0.702. The molecule has 0 spiro atoms. The summed E-state index contributed by atoms with van der Waals surface area (Å²) >= 11 is 0. The van der Waals surface area contributed by atoms with E-state index in [4.69, 9.17) is 9.97 Å². The van der Waals surface area contributed by atoms with Gasteiger partial charge in [-0.25, -0.2) is 9.97 Å². The van der Waals surface area contributed by atoms with Gasteiger partial charge in [0.05, 0.1) is 5.69 Å². The molecule has 0 aliphatic rings. The normalized spacial score (nSPS) is 12.0. The van der Waals surface area contributed by atoms with Crippen LogP contribution in [0, 0.1) is 0 Å². The lowest BCUT2D eigenvalue weighted by Gasteiger charge is -2.10. The number of aliphatic imine (C=N–C) groups is 2. The zero-order chi connectivity index (χ0) is 32.8. The largest absolute Gasteiger partial charge is 0.309 e. The van der Waals surface area contributed by atoms with Gasteiger partial charge >= 0.3 is 0 Å². The van der Waals surface area contributed by atoms with Crippen LogP contribution in [0.2, 0.25) is 0 Å². The van der Waals surface area contributed by atoms with Gasteiger partial charge in [-0.2, -0.15) is 0 Å². The number of aromatic nitrogens is 3. The van der Waals surface area contributed by atoms with Crippen molar-refractivity contribution in [3.63, 3.8) is 0 Å². The smallest absolute Gasteiger partial charge is 0.162 e. The van der Waals surface area contributed by atoms with Gasteiger partial charge < -0.3 is 14.4 Å². The third-order valence-electron chi connectivity index (χ3n) is 8.20. The monoisotopic (exact) mass is 627 g/mol. The summed E-state index contributed by atoms with van der Waals surface area (Å²) in [7, 11) is 8.49. The Kier molecular flexibility index (Phi) is 12.6. The summed E-state index contributed by atoms with van der Waals surface area (Å²) in [5.41, 5.74) is 7.09. The highest BCUT2D eigenvalue weighted by molar-refractivity contribution is 5.94. The van der Waals surface area contributed by atoms with Gasteiger partial charge in [-0.05, 0) is 96.3 Å². The Morgan fingerprint density at radius 2 is 1.15 bits per heavy atom. The molecule has 244 valence electrons. The Labute approximate surface area is 280 Å². The Morgan fingerprint density at radius 1 is 0.596 bits per heavy atom. The first-order valence-electron chi connectivity index (χ1n) is 16.9. The van der Waals surface area contributed by atoms with E-state index in [0.29, 0.717) is 5.82 Å². The van der Waals surface area contributed by atoms with Crippen molar-refractivity contribution in [2.24, 2.45) is 9.98 Å². The van der Waals surface area contributed by atoms with Gasteiger partial charge in [0.15, 0.2) is 5.82 Å². The summed E-state index contributed by atoms with van der Waals surface area (Å²) in [6.07, 6.45) is 13.1. The Morgan fingerprint density at radius 3 is 1.70 bits per heavy atom. The second-order valence-corrected chi connectivity index (χ2v) is 12.7. The lowest BCUT2D eigenvalue weighted by atomic mass is 10.1. The average Bonchev–Trinajstić information content (AvgIpc) is 3.52. The van der Waals surface area contributed by atoms with Crippen LogP contribution < -0.4 is 0 Å². The minimum atomic E-state index is 0.702. The van der Waals surface area contributed by atoms with E-state index in [1.807, 2.05) is 18.5 Å². The van der Waals surface area contributed by atoms with Crippen molar-refractivity contribution in [1.29, 1.82) is 0 Å². The Bertz CT molecular complexity index is 1720. The highest BCUT2D eigenvalue weighted by Crippen LogP contribution is 2.31. The molecule has 5 aromatic rings. The number of rotatable bonds is 17. The predicted molar refractivity (Wildman–Crippen MR) is 199 cm³/mol. The number of fused-ring (bicyclic) bond motifs is 1. The fourth-order valence-electron chi connectivity index (χ4n) is 5.56. The second kappa shape index (κ2) is 17.5. The summed E-state index contributed by atoms with van der Waals surface area (Å²) in [6.45, 7) is 3.99. The van der Waals surface area contributed by atoms with Crippen LogP contribution in [0.3, 0.4) is 0 Å². The summed E-state index contributed by atoms with van der Waals surface area (Å²) < 4.78 is 2.14. The van der Waals surface area contributed by atoms with Gasteiger partial charge in [-0.3, -0.25) is 9.98 Å². The summed E-state index contributed by atoms with van der Waals surface area (Å²) in [5, 5.41) is 1.02. The first-order valence-corrected chi connectivity index (χ1v) is 16.9. The molecule has 0 saturated heterocycles. The molecule has 0 amide bonds. The van der Waals surface area contributed by atoms with E-state index in [9.17, 15) is 0 Å². The molecule has 0 bridgehead atoms. The van der Waals surface area contributed by atoms with Crippen LogP contribution in [0.4, 0.5) is 0 Å². The molecule has 0 atom stereocenters. The van der Waals surface area contributed by atoms with E-state index in [1.54, 1.807) is 0 Å². The van der Waals surface area contributed by atoms with Crippen molar-refractivity contribution in [3.8, 4) is 28.3 Å². The van der Waals surface area contributed by atoms with E-state index in [1.165, 1.54) is 25.7 Å². The van der Waals surface area contributed by atoms with Crippen LogP contribution in [0.5, 0.6) is 0 Å². The Balaban J connectivity index is 1.35. The molecule has 0 saturated carbocycles. The minimum Gasteiger partial charge on any atom is -0.309 e. The van der Waals surface area contributed by atoms with Crippen LogP contribution in [-0.2, 0) is 0 Å². The van der Waals surface area contributed by atoms with E-state index in [0.717, 1.165) is 83.7 Å². The number of nitrogens with zero attached hydrogens (tertiary/aromatic N) is 7. The lowest BCUT2D eigenvalue weighted by molar-refractivity contribution is 0.392. The highest BCUT2D eigenvalue weighted by Gasteiger charge is 2.15. The molecule has 0 aliphatic heterocycles. The molecule has 2 aromatic heterocycles. The van der Waals surface area contributed by atoms with Crippen LogP contribution in [0.25, 0.3) is 39.4 Å². The van der Waals surface area contributed by atoms with E-state index >= 15 is 0 Å². The fourth-order valence-corrected chi connectivity index (χ4v) is 5.56. The van der Waals surface area contributed by atoms with Gasteiger partial charge in [-0.15, -0.1) is 0 Å². The molecule has 5 rings (SSSR count). The summed E-state index contributed by atoms with van der Waals surface area (Å²) in [4.78, 5) is 24.0. The van der Waals surface area contributed by atoms with Crippen molar-refractivity contribution >= 4 is 23.5 Å². The molecule has 0 radical (unpaired) electrons. The van der Waals surface area contributed by atoms with E-state index < -0.39 is 0 Å². The third-order valence-corrected chi connectivity index (χ3v) is 8.20. The maximum absolute atomic E-state index is 5.14. The third kappa shape index (κ3) is 10.0. The van der Waals surface area contributed by atoms with Gasteiger partial charge in [0.1, 0.15) is 5.65 Å². The second-order valence-electron chi connectivity index (χ2n) is 12.7. The topological polar surface area (TPSA) is 61.9 Å². The molecule has 0 unspecified atom stereocenters. The molecule has 0 N–H and O–H groups in total. The molecular formula is C40H49N7. The quantitative estimate of drug-likeness (QED) is 0.0773. The SMILES string of the molecule is CN(C)CCCCCN=Cc1ccc(-c2nc(-c3ccc(C=NCCCCCN(C)C)cc3)c3ccn(-c4ccccc4)c3n2)cc1. The van der Waals surface area contributed by atoms with Crippen LogP contribution in [0.1, 0.15) is 49.7 Å². The zero-order valence-corrected chi connectivity index (χ0v) is 28.5. The molecule has 47 heavy (non-hydrogen) atoms. The molecule has 3 aromatic carbocycles. The molecule has 2 heterocycles. The Hall–Kier alpha value is -4.46. The summed E-state index contributed by atoms with van der Waals surface area (Å²) in [6, 6.07) is 29.4. The zero-order valence-electron chi connectivity index (χ0n) is 28.5. The first kappa shape index (κ1) is 33.9. The van der Waals surface area contributed by atoms with Crippen molar-refractivity contribution < 1.29 is 0 Å². The number of hydrogen-bond donors (Lipinski definition) is 0. The number of unbranched alkanes of at least 4 members (excludes halogenated alkanes) is 4. The van der Waals surface area contributed by atoms with Gasteiger partial charge in [0, 0.05) is 53.9 Å². The molecular weight excluding hydrogens is 578 g/mol. The maximum Gasteiger partial charge on any atom is 0.162 e. The highest BCUT2D eigenvalue weighted by atomic mass is 15.1. The van der Waals surface area contributed by atoms with Crippen molar-refractivity contribution in [2.45, 2.75) is 38.5 Å². The van der Waals surface area contributed by atoms with Crippen molar-refractivity contribution in [2.75, 3.05) is 54.4 Å². The fraction of sp³-hybridized carbons (Fsp3) is 0.350. The van der Waals surface area contributed by atoms with Gasteiger partial charge in [-0.1, -0.05) is 79.6 Å². The molecule has 0 aliphatic carbocycles. The average molecular weight is 628 g/mol. The van der Waals surface area contributed by atoms with Gasteiger partial charge in [0.2, 0.25) is 0 Å². The van der Waals surface area contributed by atoms with Crippen LogP contribution in [-0.4, -0.2) is 91.1 Å². The molecule has 0 fully saturated rings. The summed E-state index contributed by atoms with van der Waals surface area (Å²) in [5.74, 6) is 0.702. The predicted octanol–water partition coefficient (Wildman–Crippen LogP) is 8.06. The van der Waals surface area contributed by atoms with Crippen LogP contribution >= 0.6 is 0 Å². The maximum atomic E-state index is 5.14. The first-order chi connectivity index (χ1) is 23.0. The number of hydrogen-bond acceptors (Lipinski definition) is 6. The standard InChI is InChI=1S/C40H49N7/c1-45(2)27-12-6-10-25-41-30-32-16-20-34(21-17-32)38-37-24-29-47(36-14-8-5-9-15-36)40(37)44-39(43-38)35-22-18-33(19-23-35)31-42-26-11-7-13-28-46(3)4/h5,8-9,14-24,29-31H,6-7,10-13,25-28H2,1-4H3. The van der Waals surface area contributed by atoms with Crippen LogP contribution in [0.15, 0.2) is 101 Å². The molecule has 7 nitrogen and oxygen atoms in total. The van der Waals surface area contributed by atoms with E-state index in [-0.39, 0.29) is 0 Å². The van der Waals surface area contributed by atoms with Crippen molar-refractivity contribution in [3.05, 3.63) is 102 Å². The van der Waals surface area contributed by atoms with E-state index in [2.05, 4.69) is 138 Å².